The fourth-order valence-electron chi connectivity index (χ4n) is 1.24. The highest BCUT2D eigenvalue weighted by Crippen LogP contribution is 2.21. The van der Waals surface area contributed by atoms with Crippen molar-refractivity contribution in [3.8, 4) is 0 Å². The molecule has 5 heteroatoms. The first-order chi connectivity index (χ1) is 7.66. The summed E-state index contributed by atoms with van der Waals surface area (Å²) >= 11 is 7.17. The number of hydrogen-bond acceptors (Lipinski definition) is 3. The van der Waals surface area contributed by atoms with E-state index in [0.717, 1.165) is 11.3 Å². The molecule has 0 aliphatic heterocycles. The molecule has 0 radical (unpaired) electrons. The van der Waals surface area contributed by atoms with Crippen molar-refractivity contribution in [1.29, 1.82) is 0 Å². The lowest BCUT2D eigenvalue weighted by atomic mass is 10.2. The van der Waals surface area contributed by atoms with E-state index in [0.29, 0.717) is 9.90 Å². The minimum absolute atomic E-state index is 0.159. The van der Waals surface area contributed by atoms with Gasteiger partial charge in [0.2, 0.25) is 0 Å². The molecule has 0 saturated carbocycles. The Kier molecular flexibility index (Phi) is 3.22. The van der Waals surface area contributed by atoms with Crippen LogP contribution in [-0.2, 0) is 0 Å². The van der Waals surface area contributed by atoms with Gasteiger partial charge in [0.25, 0.3) is 5.91 Å². The molecule has 1 N–H and O–H groups in total. The Morgan fingerprint density at radius 3 is 3.00 bits per heavy atom. The first-order valence-electron chi connectivity index (χ1n) is 4.63. The van der Waals surface area contributed by atoms with Crippen LogP contribution in [0.25, 0.3) is 0 Å². The number of thiazole rings is 1. The van der Waals surface area contributed by atoms with Crippen LogP contribution in [0.5, 0.6) is 0 Å². The second-order valence-corrected chi connectivity index (χ2v) is 4.60. The molecule has 2 rings (SSSR count). The first kappa shape index (κ1) is 11.1. The summed E-state index contributed by atoms with van der Waals surface area (Å²) in [6, 6.07) is 5.39. The lowest BCUT2D eigenvalue weighted by molar-refractivity contribution is 0.103. The van der Waals surface area contributed by atoms with Gasteiger partial charge < -0.3 is 5.32 Å². The van der Waals surface area contributed by atoms with Gasteiger partial charge >= 0.3 is 0 Å². The number of hydrogen-bond donors (Lipinski definition) is 1. The molecule has 0 atom stereocenters. The highest BCUT2D eigenvalue weighted by molar-refractivity contribution is 7.11. The fourth-order valence-corrected chi connectivity index (χ4v) is 1.93. The van der Waals surface area contributed by atoms with Crippen molar-refractivity contribution >= 4 is 34.5 Å². The molecule has 16 heavy (non-hydrogen) atoms. The molecule has 82 valence electrons. The Balaban J connectivity index is 2.21. The molecular weight excluding hydrogens is 244 g/mol. The zero-order valence-electron chi connectivity index (χ0n) is 8.53. The van der Waals surface area contributed by atoms with E-state index < -0.39 is 0 Å². The van der Waals surface area contributed by atoms with Gasteiger partial charge in [-0.15, -0.1) is 11.3 Å². The van der Waals surface area contributed by atoms with E-state index in [9.17, 15) is 4.79 Å². The summed E-state index contributed by atoms with van der Waals surface area (Å²) < 4.78 is 0. The zero-order chi connectivity index (χ0) is 11.5. The van der Waals surface area contributed by atoms with Gasteiger partial charge in [-0.25, -0.2) is 0 Å². The van der Waals surface area contributed by atoms with Gasteiger partial charge in [0, 0.05) is 10.7 Å². The maximum atomic E-state index is 11.8. The minimum atomic E-state index is -0.159. The third-order valence-corrected chi connectivity index (χ3v) is 3.11. The molecule has 0 fully saturated rings. The summed E-state index contributed by atoms with van der Waals surface area (Å²) in [4.78, 5) is 16.2. The highest BCUT2D eigenvalue weighted by atomic mass is 35.5. The number of carbonyl (C=O) groups excluding carboxylic acids is 1. The molecule has 1 aromatic heterocycles. The normalized spacial score (nSPS) is 10.1. The lowest BCUT2D eigenvalue weighted by Crippen LogP contribution is -2.11. The minimum Gasteiger partial charge on any atom is -0.321 e. The summed E-state index contributed by atoms with van der Waals surface area (Å²) in [5, 5.41) is 3.40. The second kappa shape index (κ2) is 4.63. The Labute approximate surface area is 102 Å². The summed E-state index contributed by atoms with van der Waals surface area (Å²) in [5.41, 5.74) is 3.33. The maximum Gasteiger partial charge on any atom is 0.267 e. The number of nitrogens with one attached hydrogen (secondary N) is 1. The number of benzene rings is 1. The van der Waals surface area contributed by atoms with E-state index in [2.05, 4.69) is 10.3 Å². The van der Waals surface area contributed by atoms with Crippen LogP contribution in [0, 0.1) is 6.92 Å². The van der Waals surface area contributed by atoms with Gasteiger partial charge in [-0.3, -0.25) is 9.78 Å². The highest BCUT2D eigenvalue weighted by Gasteiger charge is 2.09. The Bertz CT molecular complexity index is 511. The van der Waals surface area contributed by atoms with Crippen molar-refractivity contribution < 1.29 is 4.79 Å². The molecule has 0 bridgehead atoms. The number of halogens is 1. The zero-order valence-corrected chi connectivity index (χ0v) is 10.1. The van der Waals surface area contributed by atoms with Gasteiger partial charge in [0.1, 0.15) is 4.88 Å². The van der Waals surface area contributed by atoms with Crippen LogP contribution in [-0.4, -0.2) is 10.9 Å². The average Bonchev–Trinajstić information content (AvgIpc) is 2.76. The van der Waals surface area contributed by atoms with Crippen LogP contribution in [0.4, 0.5) is 5.69 Å². The quantitative estimate of drug-likeness (QED) is 0.891. The molecule has 0 unspecified atom stereocenters. The van der Waals surface area contributed by atoms with E-state index >= 15 is 0 Å². The topological polar surface area (TPSA) is 42.0 Å². The third-order valence-electron chi connectivity index (χ3n) is 2.10. The summed E-state index contributed by atoms with van der Waals surface area (Å²) in [6.45, 7) is 1.92. The van der Waals surface area contributed by atoms with Crippen LogP contribution >= 0.6 is 22.9 Å². The van der Waals surface area contributed by atoms with E-state index in [1.165, 1.54) is 11.3 Å². The predicted molar refractivity (Wildman–Crippen MR) is 66.3 cm³/mol. The molecule has 1 heterocycles. The molecule has 1 amide bonds. The molecule has 0 saturated heterocycles. The Morgan fingerprint density at radius 2 is 2.31 bits per heavy atom. The van der Waals surface area contributed by atoms with Crippen LogP contribution in [0.3, 0.4) is 0 Å². The number of rotatable bonds is 2. The molecule has 0 spiro atoms. The number of anilines is 1. The van der Waals surface area contributed by atoms with Crippen molar-refractivity contribution in [2.24, 2.45) is 0 Å². The number of carbonyl (C=O) groups is 1. The fraction of sp³-hybridized carbons (Fsp3) is 0.0909. The van der Waals surface area contributed by atoms with Gasteiger partial charge in [-0.1, -0.05) is 17.7 Å². The van der Waals surface area contributed by atoms with Crippen molar-refractivity contribution in [2.75, 3.05) is 5.32 Å². The van der Waals surface area contributed by atoms with E-state index in [4.69, 9.17) is 11.6 Å². The Hall–Kier alpha value is -1.39. The molecule has 3 nitrogen and oxygen atoms in total. The number of amides is 1. The largest absolute Gasteiger partial charge is 0.321 e. The standard InChI is InChI=1S/C11H9ClN2OS/c1-7-2-3-8(12)4-9(7)14-11(15)10-5-13-6-16-10/h2-6H,1H3,(H,14,15). The Morgan fingerprint density at radius 1 is 1.50 bits per heavy atom. The van der Waals surface area contributed by atoms with E-state index in [1.54, 1.807) is 23.8 Å². The van der Waals surface area contributed by atoms with Crippen LogP contribution in [0.15, 0.2) is 29.9 Å². The van der Waals surface area contributed by atoms with Crippen molar-refractivity contribution in [3.05, 3.63) is 45.4 Å². The van der Waals surface area contributed by atoms with Crippen LogP contribution in [0.2, 0.25) is 5.02 Å². The molecule has 1 aromatic carbocycles. The third kappa shape index (κ3) is 2.40. The van der Waals surface area contributed by atoms with E-state index in [-0.39, 0.29) is 5.91 Å². The summed E-state index contributed by atoms with van der Waals surface area (Å²) in [7, 11) is 0. The van der Waals surface area contributed by atoms with Gasteiger partial charge in [0.15, 0.2) is 0 Å². The maximum absolute atomic E-state index is 11.8. The van der Waals surface area contributed by atoms with Crippen molar-refractivity contribution in [3.63, 3.8) is 0 Å². The second-order valence-electron chi connectivity index (χ2n) is 3.28. The molecule has 0 aliphatic carbocycles. The van der Waals surface area contributed by atoms with Gasteiger partial charge in [-0.2, -0.15) is 0 Å². The molecular formula is C11H9ClN2OS. The number of aromatic nitrogens is 1. The van der Waals surface area contributed by atoms with Gasteiger partial charge in [-0.05, 0) is 24.6 Å². The number of aryl methyl sites for hydroxylation is 1. The van der Waals surface area contributed by atoms with Gasteiger partial charge in [0.05, 0.1) is 11.7 Å². The predicted octanol–water partition coefficient (Wildman–Crippen LogP) is 3.36. The lowest BCUT2D eigenvalue weighted by Gasteiger charge is -2.07. The number of nitrogens with zero attached hydrogens (tertiary/aromatic N) is 1. The van der Waals surface area contributed by atoms with Crippen LogP contribution in [0.1, 0.15) is 15.2 Å². The first-order valence-corrected chi connectivity index (χ1v) is 5.88. The summed E-state index contributed by atoms with van der Waals surface area (Å²) in [6.07, 6.45) is 1.54. The molecule has 2 aromatic rings. The molecule has 0 aliphatic rings. The van der Waals surface area contributed by atoms with Crippen molar-refractivity contribution in [1.82, 2.24) is 4.98 Å². The van der Waals surface area contributed by atoms with Crippen LogP contribution < -0.4 is 5.32 Å². The van der Waals surface area contributed by atoms with E-state index in [1.807, 2.05) is 13.0 Å². The van der Waals surface area contributed by atoms with Crippen molar-refractivity contribution in [2.45, 2.75) is 6.92 Å². The SMILES string of the molecule is Cc1ccc(Cl)cc1NC(=O)c1cncs1. The smallest absolute Gasteiger partial charge is 0.267 e. The average molecular weight is 253 g/mol. The summed E-state index contributed by atoms with van der Waals surface area (Å²) in [5.74, 6) is -0.159. The monoisotopic (exact) mass is 252 g/mol.